The number of Topliss-reactive ketones (excluding diaryl/α,β-unsaturated/α-hetero) is 1. The van der Waals surface area contributed by atoms with Crippen molar-refractivity contribution in [1.82, 2.24) is 15.0 Å². The molecule has 0 unspecified atom stereocenters. The van der Waals surface area contributed by atoms with Crippen molar-refractivity contribution < 1.29 is 13.9 Å². The Morgan fingerprint density at radius 3 is 2.35 bits per heavy atom. The van der Waals surface area contributed by atoms with Gasteiger partial charge in [-0.25, -0.2) is 4.39 Å². The van der Waals surface area contributed by atoms with Crippen LogP contribution >= 0.6 is 11.6 Å². The van der Waals surface area contributed by atoms with Gasteiger partial charge in [0.15, 0.2) is 5.78 Å². The van der Waals surface area contributed by atoms with Crippen molar-refractivity contribution in [2.75, 3.05) is 41.8 Å². The fraction of sp³-hybridized carbons (Fsp3) is 0.238. The third-order valence-electron chi connectivity index (χ3n) is 4.62. The van der Waals surface area contributed by atoms with Crippen LogP contribution in [0.4, 0.5) is 33.6 Å². The van der Waals surface area contributed by atoms with Crippen molar-refractivity contribution in [3.05, 3.63) is 58.9 Å². The third kappa shape index (κ3) is 5.25. The molecule has 0 radical (unpaired) electrons. The smallest absolute Gasteiger partial charge is 0.233 e. The van der Waals surface area contributed by atoms with Crippen molar-refractivity contribution in [2.24, 2.45) is 0 Å². The highest BCUT2D eigenvalue weighted by molar-refractivity contribution is 6.31. The normalized spacial score (nSPS) is 13.7. The van der Waals surface area contributed by atoms with E-state index in [1.54, 1.807) is 24.3 Å². The number of ketones is 1. The van der Waals surface area contributed by atoms with Gasteiger partial charge < -0.3 is 20.3 Å². The van der Waals surface area contributed by atoms with Crippen LogP contribution in [0, 0.1) is 5.82 Å². The van der Waals surface area contributed by atoms with E-state index in [1.165, 1.54) is 19.1 Å². The largest absolute Gasteiger partial charge is 0.378 e. The second-order valence-electron chi connectivity index (χ2n) is 6.90. The van der Waals surface area contributed by atoms with Crippen molar-refractivity contribution in [3.63, 3.8) is 0 Å². The molecule has 0 atom stereocenters. The second kappa shape index (κ2) is 9.23. The summed E-state index contributed by atoms with van der Waals surface area (Å²) in [6.45, 7) is 3.95. The van der Waals surface area contributed by atoms with Gasteiger partial charge in [0, 0.05) is 30.0 Å². The standard InChI is InChI=1S/C21H20ClFN6O2/c1-13(30)14-3-2-4-15(11-14)24-19-26-20(25-16-5-6-18(23)17(22)12-16)28-21(27-19)29-7-9-31-10-8-29/h2-6,11-12H,7-10H2,1H3,(H2,24,25,26,27,28). The molecule has 1 aromatic heterocycles. The third-order valence-corrected chi connectivity index (χ3v) is 4.91. The van der Waals surface area contributed by atoms with Crippen LogP contribution in [0.5, 0.6) is 0 Å². The molecule has 0 aliphatic carbocycles. The summed E-state index contributed by atoms with van der Waals surface area (Å²) in [6, 6.07) is 11.3. The van der Waals surface area contributed by atoms with E-state index in [2.05, 4.69) is 25.6 Å². The Morgan fingerprint density at radius 2 is 1.71 bits per heavy atom. The number of morpholine rings is 1. The molecule has 0 bridgehead atoms. The lowest BCUT2D eigenvalue weighted by Gasteiger charge is -2.27. The number of hydrogen-bond donors (Lipinski definition) is 2. The first-order valence-corrected chi connectivity index (χ1v) is 10.0. The SMILES string of the molecule is CC(=O)c1cccc(Nc2nc(Nc3ccc(F)c(Cl)c3)nc(N3CCOCC3)n2)c1. The van der Waals surface area contributed by atoms with E-state index in [0.29, 0.717) is 55.1 Å². The first-order chi connectivity index (χ1) is 15.0. The first kappa shape index (κ1) is 21.0. The van der Waals surface area contributed by atoms with Crippen LogP contribution in [-0.2, 0) is 4.74 Å². The fourth-order valence-corrected chi connectivity index (χ4v) is 3.21. The molecule has 0 saturated carbocycles. The van der Waals surface area contributed by atoms with E-state index in [4.69, 9.17) is 16.3 Å². The quantitative estimate of drug-likeness (QED) is 0.549. The molecule has 10 heteroatoms. The lowest BCUT2D eigenvalue weighted by molar-refractivity contribution is 0.101. The average molecular weight is 443 g/mol. The Hall–Kier alpha value is -3.30. The van der Waals surface area contributed by atoms with Gasteiger partial charge in [-0.15, -0.1) is 0 Å². The van der Waals surface area contributed by atoms with Gasteiger partial charge in [-0.2, -0.15) is 15.0 Å². The maximum Gasteiger partial charge on any atom is 0.233 e. The topological polar surface area (TPSA) is 92.3 Å². The number of nitrogens with one attached hydrogen (secondary N) is 2. The average Bonchev–Trinajstić information content (AvgIpc) is 2.77. The molecular formula is C21H20ClFN6O2. The maximum atomic E-state index is 13.5. The van der Waals surface area contributed by atoms with Gasteiger partial charge in [-0.3, -0.25) is 4.79 Å². The molecule has 1 aliphatic heterocycles. The van der Waals surface area contributed by atoms with Gasteiger partial charge in [-0.1, -0.05) is 23.7 Å². The van der Waals surface area contributed by atoms with Gasteiger partial charge in [0.25, 0.3) is 0 Å². The molecule has 1 saturated heterocycles. The summed E-state index contributed by atoms with van der Waals surface area (Å²) in [5.41, 5.74) is 1.78. The number of hydrogen-bond acceptors (Lipinski definition) is 8. The van der Waals surface area contributed by atoms with E-state index in [1.807, 2.05) is 11.0 Å². The predicted octanol–water partition coefficient (Wildman–Crippen LogP) is 4.19. The number of aromatic nitrogens is 3. The Labute approximate surface area is 183 Å². The van der Waals surface area contributed by atoms with Crippen LogP contribution in [0.15, 0.2) is 42.5 Å². The van der Waals surface area contributed by atoms with Gasteiger partial charge in [0.2, 0.25) is 17.8 Å². The summed E-state index contributed by atoms with van der Waals surface area (Å²) in [5, 5.41) is 6.16. The molecule has 0 spiro atoms. The molecule has 8 nitrogen and oxygen atoms in total. The van der Waals surface area contributed by atoms with E-state index in [9.17, 15) is 9.18 Å². The van der Waals surface area contributed by atoms with Crippen LogP contribution in [0.25, 0.3) is 0 Å². The number of carbonyl (C=O) groups excluding carboxylic acids is 1. The summed E-state index contributed by atoms with van der Waals surface area (Å²) in [5.74, 6) is 0.491. The maximum absolute atomic E-state index is 13.5. The molecular weight excluding hydrogens is 423 g/mol. The zero-order valence-corrected chi connectivity index (χ0v) is 17.5. The molecule has 1 fully saturated rings. The summed E-state index contributed by atoms with van der Waals surface area (Å²) >= 11 is 5.88. The van der Waals surface area contributed by atoms with E-state index < -0.39 is 5.82 Å². The number of carbonyl (C=O) groups is 1. The van der Waals surface area contributed by atoms with Crippen LogP contribution in [0.2, 0.25) is 5.02 Å². The highest BCUT2D eigenvalue weighted by Gasteiger charge is 2.17. The Morgan fingerprint density at radius 1 is 1.03 bits per heavy atom. The second-order valence-corrected chi connectivity index (χ2v) is 7.31. The molecule has 2 aromatic carbocycles. The van der Waals surface area contributed by atoms with Crippen LogP contribution in [0.1, 0.15) is 17.3 Å². The molecule has 0 amide bonds. The van der Waals surface area contributed by atoms with Gasteiger partial charge in [0.1, 0.15) is 5.82 Å². The van der Waals surface area contributed by atoms with Crippen molar-refractivity contribution in [2.45, 2.75) is 6.92 Å². The molecule has 4 rings (SSSR count). The predicted molar refractivity (Wildman–Crippen MR) is 117 cm³/mol. The van der Waals surface area contributed by atoms with Crippen molar-refractivity contribution in [3.8, 4) is 0 Å². The Bertz CT molecular complexity index is 1110. The van der Waals surface area contributed by atoms with Gasteiger partial charge in [-0.05, 0) is 37.3 Å². The number of halogens is 2. The van der Waals surface area contributed by atoms with Crippen LogP contribution in [-0.4, -0.2) is 47.0 Å². The molecule has 3 aromatic rings. The summed E-state index contributed by atoms with van der Waals surface area (Å²) < 4.78 is 18.9. The first-order valence-electron chi connectivity index (χ1n) is 9.67. The highest BCUT2D eigenvalue weighted by atomic mass is 35.5. The molecule has 160 valence electrons. The fourth-order valence-electron chi connectivity index (χ4n) is 3.03. The van der Waals surface area contributed by atoms with Gasteiger partial charge in [0.05, 0.1) is 18.2 Å². The van der Waals surface area contributed by atoms with Gasteiger partial charge >= 0.3 is 0 Å². The van der Waals surface area contributed by atoms with E-state index in [0.717, 1.165) is 0 Å². The minimum Gasteiger partial charge on any atom is -0.378 e. The number of ether oxygens (including phenoxy) is 1. The number of benzene rings is 2. The number of rotatable bonds is 6. The Kier molecular flexibility index (Phi) is 6.24. The zero-order valence-electron chi connectivity index (χ0n) is 16.7. The minimum atomic E-state index is -0.510. The molecule has 1 aliphatic rings. The van der Waals surface area contributed by atoms with Crippen LogP contribution < -0.4 is 15.5 Å². The Balaban J connectivity index is 1.66. The van der Waals surface area contributed by atoms with Crippen molar-refractivity contribution in [1.29, 1.82) is 0 Å². The lowest BCUT2D eigenvalue weighted by Crippen LogP contribution is -2.37. The highest BCUT2D eigenvalue weighted by Crippen LogP contribution is 2.24. The zero-order chi connectivity index (χ0) is 21.8. The monoisotopic (exact) mass is 442 g/mol. The summed E-state index contributed by atoms with van der Waals surface area (Å²) in [6.07, 6.45) is 0. The molecule has 2 heterocycles. The number of anilines is 5. The lowest BCUT2D eigenvalue weighted by atomic mass is 10.1. The van der Waals surface area contributed by atoms with Crippen molar-refractivity contribution >= 4 is 46.6 Å². The summed E-state index contributed by atoms with van der Waals surface area (Å²) in [4.78, 5) is 27.1. The summed E-state index contributed by atoms with van der Waals surface area (Å²) in [7, 11) is 0. The van der Waals surface area contributed by atoms with E-state index >= 15 is 0 Å². The van der Waals surface area contributed by atoms with Crippen LogP contribution in [0.3, 0.4) is 0 Å². The van der Waals surface area contributed by atoms with E-state index in [-0.39, 0.29) is 16.8 Å². The molecule has 31 heavy (non-hydrogen) atoms. The minimum absolute atomic E-state index is 0.00754. The molecule has 2 N–H and O–H groups in total. The number of nitrogens with zero attached hydrogens (tertiary/aromatic N) is 4.